The Morgan fingerprint density at radius 2 is 2.17 bits per heavy atom. The molecule has 1 radical (unpaired) electrons. The van der Waals surface area contributed by atoms with E-state index in [-0.39, 0.29) is 5.76 Å². The second-order valence-corrected chi connectivity index (χ2v) is 4.34. The van der Waals surface area contributed by atoms with Gasteiger partial charge in [-0.2, -0.15) is 0 Å². The highest BCUT2D eigenvalue weighted by atomic mass is 16.3. The molecular weight excluding hydrogens is 230 g/mol. The van der Waals surface area contributed by atoms with Crippen molar-refractivity contribution in [3.05, 3.63) is 30.0 Å². The number of amides is 1. The molecule has 5 heteroatoms. The van der Waals surface area contributed by atoms with Crippen LogP contribution in [0.4, 0.5) is 5.69 Å². The van der Waals surface area contributed by atoms with Gasteiger partial charge >= 0.3 is 0 Å². The molecular formula is C13H14N3O2. The largest absolute Gasteiger partial charge is 0.449 e. The number of nitrogens with one attached hydrogen (secondary N) is 1. The van der Waals surface area contributed by atoms with E-state index < -0.39 is 5.91 Å². The van der Waals surface area contributed by atoms with Crippen molar-refractivity contribution in [2.24, 2.45) is 5.73 Å². The molecule has 0 unspecified atom stereocenters. The Morgan fingerprint density at radius 3 is 2.89 bits per heavy atom. The summed E-state index contributed by atoms with van der Waals surface area (Å²) < 4.78 is 5.56. The Bertz CT molecular complexity index is 585. The predicted octanol–water partition coefficient (Wildman–Crippen LogP) is 0.741. The summed E-state index contributed by atoms with van der Waals surface area (Å²) >= 11 is 0. The summed E-state index contributed by atoms with van der Waals surface area (Å²) in [6, 6.07) is 8.44. The number of primary amides is 1. The maximum Gasteiger partial charge on any atom is 0.284 e. The van der Waals surface area contributed by atoms with E-state index in [0.29, 0.717) is 5.58 Å². The van der Waals surface area contributed by atoms with Crippen LogP contribution < -0.4 is 16.0 Å². The van der Waals surface area contributed by atoms with Gasteiger partial charge in [-0.3, -0.25) is 4.79 Å². The fourth-order valence-corrected chi connectivity index (χ4v) is 2.25. The summed E-state index contributed by atoms with van der Waals surface area (Å²) in [6.45, 7) is 3.72. The van der Waals surface area contributed by atoms with Crippen molar-refractivity contribution in [2.75, 3.05) is 31.1 Å². The van der Waals surface area contributed by atoms with E-state index in [4.69, 9.17) is 10.2 Å². The number of fused-ring (bicyclic) bond motifs is 1. The maximum atomic E-state index is 11.2. The van der Waals surface area contributed by atoms with Crippen LogP contribution in [0.15, 0.2) is 22.6 Å². The minimum absolute atomic E-state index is 0.195. The average Bonchev–Trinajstić information content (AvgIpc) is 2.83. The van der Waals surface area contributed by atoms with Crippen molar-refractivity contribution in [3.8, 4) is 0 Å². The standard InChI is InChI=1S/C13H14N3O2/c14-13(17)11-8-9-2-1-3-10(12(9)18-11)16-6-4-15-5-7-16/h2-3,8,15H,4-7H2,(H2,14,17). The van der Waals surface area contributed by atoms with E-state index in [1.165, 1.54) is 0 Å². The fraction of sp³-hybridized carbons (Fsp3) is 0.308. The van der Waals surface area contributed by atoms with E-state index in [1.54, 1.807) is 12.1 Å². The van der Waals surface area contributed by atoms with Crippen molar-refractivity contribution in [1.29, 1.82) is 0 Å². The molecule has 5 nitrogen and oxygen atoms in total. The predicted molar refractivity (Wildman–Crippen MR) is 68.7 cm³/mol. The summed E-state index contributed by atoms with van der Waals surface area (Å²) in [5.41, 5.74) is 6.93. The monoisotopic (exact) mass is 244 g/mol. The molecule has 0 saturated carbocycles. The van der Waals surface area contributed by atoms with Crippen molar-refractivity contribution in [3.63, 3.8) is 0 Å². The molecule has 1 aliphatic heterocycles. The molecule has 1 amide bonds. The van der Waals surface area contributed by atoms with Crippen LogP contribution in [0.3, 0.4) is 0 Å². The van der Waals surface area contributed by atoms with Crippen molar-refractivity contribution in [1.82, 2.24) is 5.32 Å². The summed E-state index contributed by atoms with van der Waals surface area (Å²) in [5.74, 6) is -0.349. The molecule has 2 aromatic rings. The number of nitrogens with zero attached hydrogens (tertiary/aromatic N) is 1. The van der Waals surface area contributed by atoms with Crippen LogP contribution in [-0.4, -0.2) is 32.1 Å². The maximum absolute atomic E-state index is 11.2. The number of hydrogen-bond donors (Lipinski definition) is 2. The molecule has 0 bridgehead atoms. The SMILES string of the molecule is NC(=O)c1cc2c[c]cc(N3CCNCC3)c2o1. The van der Waals surface area contributed by atoms with Crippen LogP contribution in [0.1, 0.15) is 10.6 Å². The summed E-state index contributed by atoms with van der Waals surface area (Å²) in [6.07, 6.45) is 0. The van der Waals surface area contributed by atoms with Gasteiger partial charge in [0.15, 0.2) is 11.3 Å². The molecule has 18 heavy (non-hydrogen) atoms. The van der Waals surface area contributed by atoms with Crippen LogP contribution in [0.5, 0.6) is 0 Å². The summed E-state index contributed by atoms with van der Waals surface area (Å²) in [7, 11) is 0. The minimum atomic E-state index is -0.544. The minimum Gasteiger partial charge on any atom is -0.449 e. The van der Waals surface area contributed by atoms with Gasteiger partial charge in [-0.1, -0.05) is 0 Å². The van der Waals surface area contributed by atoms with Gasteiger partial charge in [0, 0.05) is 31.6 Å². The van der Waals surface area contributed by atoms with Crippen LogP contribution in [0, 0.1) is 6.07 Å². The molecule has 1 aromatic heterocycles. The molecule has 93 valence electrons. The lowest BCUT2D eigenvalue weighted by Crippen LogP contribution is -2.43. The second-order valence-electron chi connectivity index (χ2n) is 4.34. The first-order valence-electron chi connectivity index (χ1n) is 5.95. The molecule has 3 rings (SSSR count). The molecule has 1 aliphatic rings. The number of furan rings is 1. The zero-order chi connectivity index (χ0) is 12.5. The number of piperazine rings is 1. The van der Waals surface area contributed by atoms with Crippen LogP contribution in [0.25, 0.3) is 11.0 Å². The van der Waals surface area contributed by atoms with Crippen LogP contribution in [-0.2, 0) is 0 Å². The van der Waals surface area contributed by atoms with Gasteiger partial charge in [-0.25, -0.2) is 0 Å². The first-order chi connectivity index (χ1) is 8.75. The Kier molecular flexibility index (Phi) is 2.68. The number of benzene rings is 1. The first kappa shape index (κ1) is 11.1. The average molecular weight is 244 g/mol. The number of rotatable bonds is 2. The van der Waals surface area contributed by atoms with Gasteiger partial charge in [0.25, 0.3) is 5.91 Å². The van der Waals surface area contributed by atoms with E-state index in [1.807, 2.05) is 6.07 Å². The molecule has 0 atom stereocenters. The van der Waals surface area contributed by atoms with Gasteiger partial charge in [0.2, 0.25) is 0 Å². The second kappa shape index (κ2) is 4.34. The molecule has 2 heterocycles. The fourth-order valence-electron chi connectivity index (χ4n) is 2.25. The number of carbonyl (C=O) groups is 1. The third kappa shape index (κ3) is 1.82. The van der Waals surface area contributed by atoms with Gasteiger partial charge in [-0.05, 0) is 24.3 Å². The van der Waals surface area contributed by atoms with Crippen LogP contribution in [0.2, 0.25) is 0 Å². The number of nitrogens with two attached hydrogens (primary N) is 1. The van der Waals surface area contributed by atoms with Gasteiger partial charge in [0.05, 0.1) is 5.69 Å². The van der Waals surface area contributed by atoms with Crippen molar-refractivity contribution < 1.29 is 9.21 Å². The van der Waals surface area contributed by atoms with Gasteiger partial charge in [-0.15, -0.1) is 0 Å². The highest BCUT2D eigenvalue weighted by molar-refractivity contribution is 5.98. The lowest BCUT2D eigenvalue weighted by molar-refractivity contribution is 0.0976. The first-order valence-corrected chi connectivity index (χ1v) is 5.95. The Balaban J connectivity index is 2.07. The molecule has 0 aliphatic carbocycles. The molecule has 3 N–H and O–H groups in total. The highest BCUT2D eigenvalue weighted by Gasteiger charge is 2.17. The smallest absolute Gasteiger partial charge is 0.284 e. The van der Waals surface area contributed by atoms with E-state index in [2.05, 4.69) is 16.3 Å². The zero-order valence-corrected chi connectivity index (χ0v) is 9.90. The zero-order valence-electron chi connectivity index (χ0n) is 9.90. The number of carbonyl (C=O) groups excluding carboxylic acids is 1. The lowest BCUT2D eigenvalue weighted by Gasteiger charge is -2.29. The van der Waals surface area contributed by atoms with Crippen molar-refractivity contribution in [2.45, 2.75) is 0 Å². The Hall–Kier alpha value is -2.01. The lowest BCUT2D eigenvalue weighted by atomic mass is 10.2. The highest BCUT2D eigenvalue weighted by Crippen LogP contribution is 2.29. The summed E-state index contributed by atoms with van der Waals surface area (Å²) in [4.78, 5) is 13.4. The molecule has 0 spiro atoms. The Labute approximate surface area is 105 Å². The number of anilines is 1. The summed E-state index contributed by atoms with van der Waals surface area (Å²) in [5, 5.41) is 4.16. The van der Waals surface area contributed by atoms with E-state index >= 15 is 0 Å². The molecule has 1 fully saturated rings. The van der Waals surface area contributed by atoms with Gasteiger partial charge in [0.1, 0.15) is 0 Å². The van der Waals surface area contributed by atoms with Gasteiger partial charge < -0.3 is 20.4 Å². The van der Waals surface area contributed by atoms with E-state index in [9.17, 15) is 4.79 Å². The number of hydrogen-bond acceptors (Lipinski definition) is 4. The molecule has 1 aromatic carbocycles. The topological polar surface area (TPSA) is 71.5 Å². The molecule has 1 saturated heterocycles. The quantitative estimate of drug-likeness (QED) is 0.817. The van der Waals surface area contributed by atoms with Crippen LogP contribution >= 0.6 is 0 Å². The normalized spacial score (nSPS) is 16.1. The Morgan fingerprint density at radius 1 is 1.39 bits per heavy atom. The van der Waals surface area contributed by atoms with Crippen molar-refractivity contribution >= 4 is 22.6 Å². The third-order valence-corrected chi connectivity index (χ3v) is 3.15. The van der Waals surface area contributed by atoms with E-state index in [0.717, 1.165) is 37.3 Å². The third-order valence-electron chi connectivity index (χ3n) is 3.15.